The molecule has 0 bridgehead atoms. The van der Waals surface area contributed by atoms with Crippen molar-refractivity contribution in [3.05, 3.63) is 76.2 Å². The molecule has 0 radical (unpaired) electrons. The standard InChI is InChI=1S/C26H25FN8O4/c1-14-10-19(20-9-8-18(12-29-20)35-24(39-4)31-32(3)25(35)37)21(27)23(30-14)33-13-15(2)34(26(33)38)17-7-5-6-16(11-17)22(28)36/h5-12,15H,13H2,1-4H3,(H2,28,36)/t15-/m0/s1. The Bertz CT molecular complexity index is 1660. The highest BCUT2D eigenvalue weighted by Crippen LogP contribution is 2.34. The Morgan fingerprint density at radius 3 is 2.59 bits per heavy atom. The smallest absolute Gasteiger partial charge is 0.353 e. The van der Waals surface area contributed by atoms with E-state index in [4.69, 9.17) is 10.5 Å². The highest BCUT2D eigenvalue weighted by atomic mass is 19.1. The molecule has 1 aliphatic heterocycles. The number of anilines is 2. The van der Waals surface area contributed by atoms with Crippen LogP contribution in [0.1, 0.15) is 23.0 Å². The SMILES string of the molecule is COc1nn(C)c(=O)n1-c1ccc(-c2cc(C)nc(N3C[C@H](C)N(c4cccc(C(N)=O)c4)C3=O)c2F)nc1. The van der Waals surface area contributed by atoms with Gasteiger partial charge in [-0.2, -0.15) is 0 Å². The number of hydrogen-bond acceptors (Lipinski definition) is 7. The molecule has 4 heterocycles. The molecular formula is C26H25FN8O4. The van der Waals surface area contributed by atoms with E-state index in [1.807, 2.05) is 6.92 Å². The zero-order valence-corrected chi connectivity index (χ0v) is 21.6. The van der Waals surface area contributed by atoms with E-state index in [-0.39, 0.29) is 41.2 Å². The monoisotopic (exact) mass is 532 g/mol. The first-order chi connectivity index (χ1) is 18.6. The largest absolute Gasteiger partial charge is 0.467 e. The summed E-state index contributed by atoms with van der Waals surface area (Å²) in [5.74, 6) is -1.47. The summed E-state index contributed by atoms with van der Waals surface area (Å²) in [5.41, 5.74) is 6.99. The number of carbonyl (C=O) groups excluding carboxylic acids is 2. The average Bonchev–Trinajstić information content (AvgIpc) is 3.38. The van der Waals surface area contributed by atoms with Crippen LogP contribution in [0.15, 0.2) is 53.5 Å². The van der Waals surface area contributed by atoms with Gasteiger partial charge in [0, 0.05) is 36.1 Å². The molecule has 0 aliphatic carbocycles. The van der Waals surface area contributed by atoms with Crippen molar-refractivity contribution in [3.8, 4) is 23.0 Å². The van der Waals surface area contributed by atoms with Crippen molar-refractivity contribution in [2.75, 3.05) is 23.5 Å². The first kappa shape index (κ1) is 25.6. The minimum atomic E-state index is -0.717. The Morgan fingerprint density at radius 1 is 1.15 bits per heavy atom. The number of ether oxygens (including phenoxy) is 1. The lowest BCUT2D eigenvalue weighted by Crippen LogP contribution is -2.34. The maximum Gasteiger partial charge on any atom is 0.353 e. The molecule has 4 aromatic rings. The van der Waals surface area contributed by atoms with Crippen molar-refractivity contribution in [2.24, 2.45) is 12.8 Å². The number of benzene rings is 1. The summed E-state index contributed by atoms with van der Waals surface area (Å²) in [6.45, 7) is 3.68. The van der Waals surface area contributed by atoms with Gasteiger partial charge in [-0.15, -0.1) is 5.10 Å². The fraction of sp³-hybridized carbons (Fsp3) is 0.231. The molecule has 0 spiro atoms. The van der Waals surface area contributed by atoms with Crippen molar-refractivity contribution in [1.29, 1.82) is 0 Å². The van der Waals surface area contributed by atoms with Crippen molar-refractivity contribution >= 4 is 23.4 Å². The molecule has 39 heavy (non-hydrogen) atoms. The van der Waals surface area contributed by atoms with Crippen LogP contribution in [0.25, 0.3) is 16.9 Å². The summed E-state index contributed by atoms with van der Waals surface area (Å²) in [7, 11) is 2.89. The van der Waals surface area contributed by atoms with Gasteiger partial charge < -0.3 is 10.5 Å². The number of amides is 3. The summed E-state index contributed by atoms with van der Waals surface area (Å²) in [6.07, 6.45) is 1.41. The second-order valence-corrected chi connectivity index (χ2v) is 9.11. The second kappa shape index (κ2) is 9.67. The normalized spacial score (nSPS) is 15.2. The van der Waals surface area contributed by atoms with E-state index in [1.54, 1.807) is 37.3 Å². The summed E-state index contributed by atoms with van der Waals surface area (Å²) >= 11 is 0. The molecule has 1 fully saturated rings. The maximum absolute atomic E-state index is 15.9. The van der Waals surface area contributed by atoms with E-state index in [0.717, 1.165) is 4.68 Å². The zero-order valence-electron chi connectivity index (χ0n) is 21.6. The lowest BCUT2D eigenvalue weighted by molar-refractivity contribution is 0.1000. The molecule has 2 N–H and O–H groups in total. The number of carbonyl (C=O) groups is 2. The molecule has 13 heteroatoms. The summed E-state index contributed by atoms with van der Waals surface area (Å²) in [4.78, 5) is 49.0. The van der Waals surface area contributed by atoms with E-state index in [2.05, 4.69) is 15.1 Å². The number of primary amides is 1. The van der Waals surface area contributed by atoms with E-state index >= 15 is 4.39 Å². The molecule has 1 aliphatic rings. The third-order valence-corrected chi connectivity index (χ3v) is 6.42. The Morgan fingerprint density at radius 2 is 1.92 bits per heavy atom. The number of methoxy groups -OCH3 is 1. The highest BCUT2D eigenvalue weighted by Gasteiger charge is 2.39. The third-order valence-electron chi connectivity index (χ3n) is 6.42. The Balaban J connectivity index is 1.50. The number of rotatable bonds is 6. The van der Waals surface area contributed by atoms with Crippen LogP contribution in [0.5, 0.6) is 6.01 Å². The molecule has 1 saturated heterocycles. The summed E-state index contributed by atoms with van der Waals surface area (Å²) in [6, 6.07) is 10.4. The van der Waals surface area contributed by atoms with Crippen LogP contribution >= 0.6 is 0 Å². The lowest BCUT2D eigenvalue weighted by atomic mass is 10.1. The fourth-order valence-electron chi connectivity index (χ4n) is 4.57. The van der Waals surface area contributed by atoms with Crippen LogP contribution in [0, 0.1) is 12.7 Å². The quantitative estimate of drug-likeness (QED) is 0.402. The van der Waals surface area contributed by atoms with E-state index in [0.29, 0.717) is 17.1 Å². The number of aryl methyl sites for hydroxylation is 2. The summed E-state index contributed by atoms with van der Waals surface area (Å²) in [5, 5.41) is 4.01. The Kier molecular flexibility index (Phi) is 6.34. The fourth-order valence-corrected chi connectivity index (χ4v) is 4.57. The molecule has 200 valence electrons. The van der Waals surface area contributed by atoms with Crippen molar-refractivity contribution in [1.82, 2.24) is 24.3 Å². The van der Waals surface area contributed by atoms with Gasteiger partial charge in [0.25, 0.3) is 0 Å². The van der Waals surface area contributed by atoms with E-state index in [1.165, 1.54) is 46.9 Å². The summed E-state index contributed by atoms with van der Waals surface area (Å²) < 4.78 is 23.5. The van der Waals surface area contributed by atoms with Gasteiger partial charge in [-0.1, -0.05) is 6.07 Å². The van der Waals surface area contributed by atoms with Gasteiger partial charge in [0.05, 0.1) is 30.7 Å². The Hall–Kier alpha value is -5.07. The Labute approximate surface area is 222 Å². The number of urea groups is 1. The second-order valence-electron chi connectivity index (χ2n) is 9.11. The van der Waals surface area contributed by atoms with Crippen LogP contribution in [0.4, 0.5) is 20.7 Å². The number of pyridine rings is 2. The highest BCUT2D eigenvalue weighted by molar-refractivity contribution is 6.07. The predicted molar refractivity (Wildman–Crippen MR) is 141 cm³/mol. The predicted octanol–water partition coefficient (Wildman–Crippen LogP) is 2.42. The molecule has 0 unspecified atom stereocenters. The van der Waals surface area contributed by atoms with Crippen LogP contribution in [0.2, 0.25) is 0 Å². The molecule has 5 rings (SSSR count). The van der Waals surface area contributed by atoms with Crippen molar-refractivity contribution < 1.29 is 18.7 Å². The van der Waals surface area contributed by atoms with E-state index in [9.17, 15) is 14.4 Å². The molecule has 3 amide bonds. The average molecular weight is 533 g/mol. The molecule has 1 atom stereocenters. The molecule has 3 aromatic heterocycles. The first-order valence-electron chi connectivity index (χ1n) is 11.9. The van der Waals surface area contributed by atoms with Gasteiger partial charge in [0.15, 0.2) is 11.6 Å². The number of hydrogen-bond donors (Lipinski definition) is 1. The first-order valence-corrected chi connectivity index (χ1v) is 11.9. The molecule has 1 aromatic carbocycles. The number of aromatic nitrogens is 5. The van der Waals surface area contributed by atoms with Crippen molar-refractivity contribution in [2.45, 2.75) is 19.9 Å². The van der Waals surface area contributed by atoms with Gasteiger partial charge in [-0.3, -0.25) is 19.6 Å². The van der Waals surface area contributed by atoms with E-state index < -0.39 is 23.4 Å². The van der Waals surface area contributed by atoms with Gasteiger partial charge in [-0.25, -0.2) is 28.2 Å². The number of nitrogens with two attached hydrogens (primary N) is 1. The topological polar surface area (TPSA) is 141 Å². The molecule has 12 nitrogen and oxygen atoms in total. The minimum Gasteiger partial charge on any atom is -0.467 e. The van der Waals surface area contributed by atoms with Crippen LogP contribution in [-0.2, 0) is 7.05 Å². The van der Waals surface area contributed by atoms with Gasteiger partial charge in [0.2, 0.25) is 5.91 Å². The molecular weight excluding hydrogens is 507 g/mol. The van der Waals surface area contributed by atoms with Gasteiger partial charge in [0.1, 0.15) is 0 Å². The lowest BCUT2D eigenvalue weighted by Gasteiger charge is -2.21. The van der Waals surface area contributed by atoms with Crippen LogP contribution < -0.4 is 26.0 Å². The van der Waals surface area contributed by atoms with Crippen LogP contribution in [0.3, 0.4) is 0 Å². The van der Waals surface area contributed by atoms with Crippen LogP contribution in [-0.4, -0.2) is 56.0 Å². The van der Waals surface area contributed by atoms with Gasteiger partial charge in [-0.05, 0) is 50.2 Å². The minimum absolute atomic E-state index is 0.0813. The maximum atomic E-state index is 15.9. The molecule has 0 saturated carbocycles. The number of nitrogens with zero attached hydrogens (tertiary/aromatic N) is 7. The number of halogens is 1. The zero-order chi connectivity index (χ0) is 28.0. The third kappa shape index (κ3) is 4.37. The van der Waals surface area contributed by atoms with Gasteiger partial charge >= 0.3 is 17.7 Å². The van der Waals surface area contributed by atoms with Crippen molar-refractivity contribution in [3.63, 3.8) is 0 Å².